The van der Waals surface area contributed by atoms with Gasteiger partial charge in [0.15, 0.2) is 16.5 Å². The molecule has 4 aromatic rings. The first kappa shape index (κ1) is 29.5. The first-order valence-electron chi connectivity index (χ1n) is 14.0. The maximum atomic E-state index is 16.0. The van der Waals surface area contributed by atoms with E-state index in [9.17, 15) is 8.42 Å². The number of hydrogen-bond donors (Lipinski definition) is 1. The van der Waals surface area contributed by atoms with E-state index in [0.29, 0.717) is 35.5 Å². The molecule has 0 amide bonds. The van der Waals surface area contributed by atoms with Gasteiger partial charge in [0.25, 0.3) is 10.0 Å². The number of aromatic nitrogens is 1. The van der Waals surface area contributed by atoms with Gasteiger partial charge in [-0.05, 0) is 67.1 Å². The molecule has 43 heavy (non-hydrogen) atoms. The Balaban J connectivity index is 1.28. The number of fused-ring (bicyclic) bond motifs is 2. The molecule has 2 fully saturated rings. The zero-order valence-corrected chi connectivity index (χ0v) is 25.1. The molecule has 0 saturated carbocycles. The second-order valence-corrected chi connectivity index (χ2v) is 13.3. The quantitative estimate of drug-likeness (QED) is 0.199. The fourth-order valence-electron chi connectivity index (χ4n) is 6.14. The van der Waals surface area contributed by atoms with Gasteiger partial charge in [-0.15, -0.1) is 11.3 Å². The molecule has 2 saturated heterocycles. The highest BCUT2D eigenvalue weighted by Crippen LogP contribution is 2.39. The Morgan fingerprint density at radius 2 is 1.72 bits per heavy atom. The number of ether oxygens (including phenoxy) is 1. The Labute approximate surface area is 253 Å². The number of nitrogens with one attached hydrogen (secondary N) is 1. The molecule has 226 valence electrons. The van der Waals surface area contributed by atoms with Gasteiger partial charge in [-0.25, -0.2) is 30.9 Å². The van der Waals surface area contributed by atoms with Crippen molar-refractivity contribution in [1.29, 1.82) is 0 Å². The summed E-state index contributed by atoms with van der Waals surface area (Å²) in [7, 11) is -3.26. The Morgan fingerprint density at radius 3 is 2.37 bits per heavy atom. The summed E-state index contributed by atoms with van der Waals surface area (Å²) in [6.07, 6.45) is 4.56. The number of sulfonamides is 1. The topological polar surface area (TPSA) is 74.8 Å². The Kier molecular flexibility index (Phi) is 8.34. The molecular formula is C31H31F3N4O3S2. The summed E-state index contributed by atoms with van der Waals surface area (Å²) in [4.78, 5) is 5.41. The van der Waals surface area contributed by atoms with Gasteiger partial charge in [-0.2, -0.15) is 0 Å². The van der Waals surface area contributed by atoms with Gasteiger partial charge < -0.3 is 10.1 Å². The van der Waals surface area contributed by atoms with Crippen LogP contribution in [0.2, 0.25) is 0 Å². The first-order chi connectivity index (χ1) is 20.8. The largest absolute Gasteiger partial charge is 0.497 e. The zero-order valence-electron chi connectivity index (χ0n) is 23.5. The van der Waals surface area contributed by atoms with Crippen LogP contribution in [0.5, 0.6) is 5.75 Å². The minimum absolute atomic E-state index is 0.0323. The number of benzene rings is 3. The summed E-state index contributed by atoms with van der Waals surface area (Å²) in [5.74, 6) is -2.36. The second-order valence-electron chi connectivity index (χ2n) is 10.8. The Hall–Kier alpha value is -3.61. The molecule has 0 unspecified atom stereocenters. The summed E-state index contributed by atoms with van der Waals surface area (Å²) >= 11 is 1.15. The number of nitrogens with zero attached hydrogens (tertiary/aromatic N) is 3. The van der Waals surface area contributed by atoms with E-state index in [0.717, 1.165) is 59.0 Å². The highest BCUT2D eigenvalue weighted by atomic mass is 32.2. The highest BCUT2D eigenvalue weighted by Gasteiger charge is 2.39. The normalized spacial score (nSPS) is 18.2. The van der Waals surface area contributed by atoms with Crippen LogP contribution < -0.4 is 14.4 Å². The van der Waals surface area contributed by atoms with Crippen LogP contribution in [0.25, 0.3) is 0 Å². The van der Waals surface area contributed by atoms with Crippen molar-refractivity contribution in [1.82, 2.24) is 9.88 Å². The van der Waals surface area contributed by atoms with Crippen LogP contribution in [0.4, 0.5) is 24.7 Å². The third-order valence-corrected chi connectivity index (χ3v) is 10.7. The predicted molar refractivity (Wildman–Crippen MR) is 160 cm³/mol. The number of hydrogen-bond acceptors (Lipinski definition) is 7. The van der Waals surface area contributed by atoms with Gasteiger partial charge in [0.1, 0.15) is 17.4 Å². The molecule has 3 heterocycles. The molecular weight excluding hydrogens is 597 g/mol. The molecule has 0 atom stereocenters. The monoisotopic (exact) mass is 628 g/mol. The number of anilines is 2. The van der Waals surface area contributed by atoms with E-state index >= 15 is 13.2 Å². The lowest BCUT2D eigenvalue weighted by Crippen LogP contribution is -2.32. The van der Waals surface area contributed by atoms with Gasteiger partial charge in [0, 0.05) is 36.1 Å². The van der Waals surface area contributed by atoms with E-state index in [2.05, 4.69) is 15.2 Å². The van der Waals surface area contributed by atoms with Gasteiger partial charge in [-0.1, -0.05) is 24.3 Å². The Bertz CT molecular complexity index is 1680. The van der Waals surface area contributed by atoms with Crippen LogP contribution in [-0.4, -0.2) is 37.5 Å². The summed E-state index contributed by atoms with van der Waals surface area (Å²) in [5.41, 5.74) is 2.90. The minimum Gasteiger partial charge on any atom is -0.497 e. The van der Waals surface area contributed by atoms with Crippen molar-refractivity contribution < 1.29 is 26.3 Å². The van der Waals surface area contributed by atoms with E-state index in [1.54, 1.807) is 30.3 Å². The Morgan fingerprint density at radius 1 is 1.00 bits per heavy atom. The second kappa shape index (κ2) is 12.2. The average Bonchev–Trinajstić information content (AvgIpc) is 3.75. The molecule has 0 aliphatic carbocycles. The summed E-state index contributed by atoms with van der Waals surface area (Å²) in [6.45, 7) is 0.266. The fourth-order valence-corrected chi connectivity index (χ4v) is 8.28. The minimum atomic E-state index is -4.77. The zero-order chi connectivity index (χ0) is 30.1. The van der Waals surface area contributed by atoms with Crippen LogP contribution in [0.1, 0.15) is 42.4 Å². The number of halogens is 3. The van der Waals surface area contributed by atoms with Gasteiger partial charge in [0.2, 0.25) is 0 Å². The lowest BCUT2D eigenvalue weighted by molar-refractivity contribution is 0.243. The summed E-state index contributed by atoms with van der Waals surface area (Å²) in [5, 5.41) is 4.33. The van der Waals surface area contributed by atoms with Crippen molar-refractivity contribution in [3.05, 3.63) is 99.6 Å². The van der Waals surface area contributed by atoms with Gasteiger partial charge in [0.05, 0.1) is 24.9 Å². The van der Waals surface area contributed by atoms with Gasteiger partial charge >= 0.3 is 0 Å². The van der Waals surface area contributed by atoms with Gasteiger partial charge in [-0.3, -0.25) is 4.90 Å². The van der Waals surface area contributed by atoms with E-state index in [1.807, 2.05) is 6.07 Å². The van der Waals surface area contributed by atoms with Crippen LogP contribution in [-0.2, 0) is 29.7 Å². The van der Waals surface area contributed by atoms with E-state index < -0.39 is 32.4 Å². The standard InChI is InChI=1S/C31H31F3N4O3S2/c1-41-24-11-5-20(6-12-24)16-38(29-18-42-19-36-29)43(39,40)31-27(33)13-14-28(30(31)34)35-15-25-21(3-2-4-26(25)32)17-37-22-7-8-23(37)10-9-22/h2-6,11-14,18-19,22-23,35H,7-10,15-17H2,1H3. The van der Waals surface area contributed by atoms with Crippen LogP contribution in [0, 0.1) is 17.5 Å². The van der Waals surface area contributed by atoms with E-state index in [4.69, 9.17) is 4.74 Å². The molecule has 3 aromatic carbocycles. The summed E-state index contributed by atoms with van der Waals surface area (Å²) < 4.78 is 80.0. The lowest BCUT2D eigenvalue weighted by atomic mass is 10.0. The third-order valence-electron chi connectivity index (χ3n) is 8.39. The van der Waals surface area contributed by atoms with Crippen LogP contribution in [0.15, 0.2) is 70.4 Å². The predicted octanol–water partition coefficient (Wildman–Crippen LogP) is 6.70. The molecule has 7 nitrogen and oxygen atoms in total. The molecule has 0 radical (unpaired) electrons. The number of thiazole rings is 1. The maximum absolute atomic E-state index is 16.0. The maximum Gasteiger partial charge on any atom is 0.271 e. The molecule has 12 heteroatoms. The van der Waals surface area contributed by atoms with E-state index in [-0.39, 0.29) is 24.6 Å². The van der Waals surface area contributed by atoms with Crippen molar-refractivity contribution in [2.24, 2.45) is 0 Å². The van der Waals surface area contributed by atoms with Crippen LogP contribution in [0.3, 0.4) is 0 Å². The molecule has 2 aliphatic heterocycles. The molecule has 0 spiro atoms. The van der Waals surface area contributed by atoms with Crippen molar-refractivity contribution in [3.8, 4) is 5.75 Å². The molecule has 2 aliphatic rings. The van der Waals surface area contributed by atoms with Crippen LogP contribution >= 0.6 is 11.3 Å². The molecule has 6 rings (SSSR count). The third kappa shape index (κ3) is 5.83. The smallest absolute Gasteiger partial charge is 0.271 e. The van der Waals surface area contributed by atoms with Crippen molar-refractivity contribution in [3.63, 3.8) is 0 Å². The molecule has 1 N–H and O–H groups in total. The molecule has 2 bridgehead atoms. The SMILES string of the molecule is COc1ccc(CN(c2cscn2)S(=O)(=O)c2c(F)ccc(NCc3c(F)cccc3CN3C4CCC3CC4)c2F)cc1. The molecule has 1 aromatic heterocycles. The number of rotatable bonds is 11. The first-order valence-corrected chi connectivity index (χ1v) is 16.4. The fraction of sp³-hybridized carbons (Fsp3) is 0.323. The average molecular weight is 629 g/mol. The summed E-state index contributed by atoms with van der Waals surface area (Å²) in [6, 6.07) is 14.5. The highest BCUT2D eigenvalue weighted by molar-refractivity contribution is 7.92. The van der Waals surface area contributed by atoms with Crippen molar-refractivity contribution in [2.45, 2.75) is 62.3 Å². The lowest BCUT2D eigenvalue weighted by Gasteiger charge is -2.24. The van der Waals surface area contributed by atoms with E-state index in [1.165, 1.54) is 24.1 Å². The number of methoxy groups -OCH3 is 1. The van der Waals surface area contributed by atoms with Crippen molar-refractivity contribution in [2.75, 3.05) is 16.7 Å². The van der Waals surface area contributed by atoms with Crippen molar-refractivity contribution >= 4 is 32.9 Å².